The van der Waals surface area contributed by atoms with Crippen molar-refractivity contribution in [2.24, 2.45) is 0 Å². The summed E-state index contributed by atoms with van der Waals surface area (Å²) in [6.07, 6.45) is 3.27. The largest absolute Gasteiger partial charge is 0.350 e. The van der Waals surface area contributed by atoms with Crippen LogP contribution in [0.2, 0.25) is 5.02 Å². The third kappa shape index (κ3) is 5.65. The maximum absolute atomic E-state index is 11.5. The molecule has 0 unspecified atom stereocenters. The second-order valence-electron chi connectivity index (χ2n) is 4.87. The van der Waals surface area contributed by atoms with Crippen molar-refractivity contribution in [2.45, 2.75) is 32.9 Å². The molecule has 1 aromatic rings. The lowest BCUT2D eigenvalue weighted by atomic mass is 10.1. The third-order valence-corrected chi connectivity index (χ3v) is 2.31. The van der Waals surface area contributed by atoms with Gasteiger partial charge in [0.2, 0.25) is 5.91 Å². The number of nitrogens with zero attached hydrogens (tertiary/aromatic N) is 1. The summed E-state index contributed by atoms with van der Waals surface area (Å²) in [6, 6.07) is 1.83. The molecule has 0 atom stereocenters. The van der Waals surface area contributed by atoms with Crippen LogP contribution in [0.3, 0.4) is 0 Å². The molecule has 0 saturated carbocycles. The molecule has 0 fully saturated rings. The lowest BCUT2D eigenvalue weighted by molar-refractivity contribution is -0.121. The van der Waals surface area contributed by atoms with Gasteiger partial charge in [0.05, 0.1) is 11.6 Å². The number of hydrogen-bond acceptors (Lipinski definition) is 3. The van der Waals surface area contributed by atoms with E-state index in [-0.39, 0.29) is 18.0 Å². The number of aromatic nitrogens is 1. The Bertz CT molecular complexity index is 388. The first-order chi connectivity index (χ1) is 7.88. The quantitative estimate of drug-likeness (QED) is 0.862. The molecule has 94 valence electrons. The standard InChI is InChI=1S/C12H18ClN3O/c1-12(2,3)16-11(17)8-15-6-9-4-5-14-7-10(9)13/h4-5,7,15H,6,8H2,1-3H3,(H,16,17). The fourth-order valence-electron chi connectivity index (χ4n) is 1.32. The number of nitrogens with one attached hydrogen (secondary N) is 2. The zero-order valence-corrected chi connectivity index (χ0v) is 11.1. The maximum atomic E-state index is 11.5. The van der Waals surface area contributed by atoms with E-state index in [1.807, 2.05) is 26.8 Å². The Balaban J connectivity index is 2.34. The van der Waals surface area contributed by atoms with Gasteiger partial charge in [-0.2, -0.15) is 0 Å². The Labute approximate surface area is 107 Å². The van der Waals surface area contributed by atoms with Crippen molar-refractivity contribution < 1.29 is 4.79 Å². The highest BCUT2D eigenvalue weighted by molar-refractivity contribution is 6.31. The zero-order valence-electron chi connectivity index (χ0n) is 10.4. The van der Waals surface area contributed by atoms with Gasteiger partial charge in [-0.1, -0.05) is 11.6 Å². The van der Waals surface area contributed by atoms with E-state index in [0.29, 0.717) is 11.6 Å². The number of pyridine rings is 1. The second-order valence-corrected chi connectivity index (χ2v) is 5.28. The summed E-state index contributed by atoms with van der Waals surface area (Å²) in [7, 11) is 0. The highest BCUT2D eigenvalue weighted by Crippen LogP contribution is 2.12. The van der Waals surface area contributed by atoms with Gasteiger partial charge in [-0.05, 0) is 32.4 Å². The van der Waals surface area contributed by atoms with Crippen LogP contribution in [0.5, 0.6) is 0 Å². The van der Waals surface area contributed by atoms with Crippen LogP contribution in [0.4, 0.5) is 0 Å². The van der Waals surface area contributed by atoms with Crippen molar-refractivity contribution in [3.63, 3.8) is 0 Å². The van der Waals surface area contributed by atoms with Crippen LogP contribution in [0.1, 0.15) is 26.3 Å². The molecule has 17 heavy (non-hydrogen) atoms. The van der Waals surface area contributed by atoms with Crippen LogP contribution in [0.15, 0.2) is 18.5 Å². The minimum absolute atomic E-state index is 0.0253. The van der Waals surface area contributed by atoms with Crippen LogP contribution < -0.4 is 10.6 Å². The number of carbonyl (C=O) groups is 1. The number of amides is 1. The fourth-order valence-corrected chi connectivity index (χ4v) is 1.51. The van der Waals surface area contributed by atoms with E-state index < -0.39 is 0 Å². The average Bonchev–Trinajstić information content (AvgIpc) is 2.18. The molecule has 1 aromatic heterocycles. The molecule has 0 aliphatic rings. The monoisotopic (exact) mass is 255 g/mol. The highest BCUT2D eigenvalue weighted by atomic mass is 35.5. The smallest absolute Gasteiger partial charge is 0.234 e. The van der Waals surface area contributed by atoms with Crippen molar-refractivity contribution in [2.75, 3.05) is 6.54 Å². The van der Waals surface area contributed by atoms with E-state index in [2.05, 4.69) is 15.6 Å². The van der Waals surface area contributed by atoms with E-state index in [1.165, 1.54) is 0 Å². The van der Waals surface area contributed by atoms with Gasteiger partial charge in [0.15, 0.2) is 0 Å². The van der Waals surface area contributed by atoms with Gasteiger partial charge in [0, 0.05) is 24.5 Å². The molecule has 2 N–H and O–H groups in total. The van der Waals surface area contributed by atoms with Crippen molar-refractivity contribution in [1.29, 1.82) is 0 Å². The van der Waals surface area contributed by atoms with E-state index in [1.54, 1.807) is 12.4 Å². The molecule has 1 rings (SSSR count). The van der Waals surface area contributed by atoms with Crippen molar-refractivity contribution in [1.82, 2.24) is 15.6 Å². The SMILES string of the molecule is CC(C)(C)NC(=O)CNCc1ccncc1Cl. The summed E-state index contributed by atoms with van der Waals surface area (Å²) < 4.78 is 0. The first-order valence-corrected chi connectivity index (χ1v) is 5.86. The number of hydrogen-bond donors (Lipinski definition) is 2. The summed E-state index contributed by atoms with van der Waals surface area (Å²) in [5, 5.41) is 6.52. The van der Waals surface area contributed by atoms with Crippen LogP contribution in [0.25, 0.3) is 0 Å². The van der Waals surface area contributed by atoms with Gasteiger partial charge in [-0.3, -0.25) is 9.78 Å². The predicted molar refractivity (Wildman–Crippen MR) is 68.8 cm³/mol. The third-order valence-electron chi connectivity index (χ3n) is 1.97. The lowest BCUT2D eigenvalue weighted by Crippen LogP contribution is -2.44. The molecule has 0 spiro atoms. The molecular formula is C12H18ClN3O. The Morgan fingerprint density at radius 2 is 2.18 bits per heavy atom. The fraction of sp³-hybridized carbons (Fsp3) is 0.500. The molecule has 1 heterocycles. The number of halogens is 1. The van der Waals surface area contributed by atoms with Crippen LogP contribution in [-0.2, 0) is 11.3 Å². The van der Waals surface area contributed by atoms with Gasteiger partial charge >= 0.3 is 0 Å². The lowest BCUT2D eigenvalue weighted by Gasteiger charge is -2.20. The van der Waals surface area contributed by atoms with Crippen molar-refractivity contribution in [3.8, 4) is 0 Å². The van der Waals surface area contributed by atoms with E-state index in [4.69, 9.17) is 11.6 Å². The average molecular weight is 256 g/mol. The minimum atomic E-state index is -0.201. The Morgan fingerprint density at radius 1 is 1.47 bits per heavy atom. The topological polar surface area (TPSA) is 54.0 Å². The first kappa shape index (κ1) is 13.9. The van der Waals surface area contributed by atoms with Crippen LogP contribution in [0, 0.1) is 0 Å². The van der Waals surface area contributed by atoms with E-state index in [9.17, 15) is 4.79 Å². The first-order valence-electron chi connectivity index (χ1n) is 5.48. The number of rotatable bonds is 4. The van der Waals surface area contributed by atoms with Gasteiger partial charge in [-0.25, -0.2) is 0 Å². The summed E-state index contributed by atoms with van der Waals surface area (Å²) in [4.78, 5) is 15.4. The molecule has 0 aliphatic heterocycles. The van der Waals surface area contributed by atoms with Crippen LogP contribution in [-0.4, -0.2) is 23.0 Å². The van der Waals surface area contributed by atoms with E-state index in [0.717, 1.165) is 5.56 Å². The maximum Gasteiger partial charge on any atom is 0.234 e. The molecule has 0 aliphatic carbocycles. The predicted octanol–water partition coefficient (Wildman–Crippen LogP) is 1.74. The van der Waals surface area contributed by atoms with Crippen LogP contribution >= 0.6 is 11.6 Å². The van der Waals surface area contributed by atoms with Gasteiger partial charge in [0.1, 0.15) is 0 Å². The van der Waals surface area contributed by atoms with Gasteiger partial charge in [-0.15, -0.1) is 0 Å². The van der Waals surface area contributed by atoms with Gasteiger partial charge < -0.3 is 10.6 Å². The van der Waals surface area contributed by atoms with Gasteiger partial charge in [0.25, 0.3) is 0 Å². The molecule has 4 nitrogen and oxygen atoms in total. The second kappa shape index (κ2) is 5.98. The molecular weight excluding hydrogens is 238 g/mol. The van der Waals surface area contributed by atoms with Crippen molar-refractivity contribution in [3.05, 3.63) is 29.0 Å². The highest BCUT2D eigenvalue weighted by Gasteiger charge is 2.12. The molecule has 0 aromatic carbocycles. The zero-order chi connectivity index (χ0) is 12.9. The summed E-state index contributed by atoms with van der Waals surface area (Å²) >= 11 is 5.94. The summed E-state index contributed by atoms with van der Waals surface area (Å²) in [5.41, 5.74) is 0.734. The number of carbonyl (C=O) groups excluding carboxylic acids is 1. The summed E-state index contributed by atoms with van der Waals surface area (Å²) in [5.74, 6) is -0.0253. The summed E-state index contributed by atoms with van der Waals surface area (Å²) in [6.45, 7) is 6.68. The molecule has 0 saturated heterocycles. The Morgan fingerprint density at radius 3 is 2.76 bits per heavy atom. The molecule has 0 radical (unpaired) electrons. The normalized spacial score (nSPS) is 11.3. The van der Waals surface area contributed by atoms with E-state index >= 15 is 0 Å². The Hall–Kier alpha value is -1.13. The molecule has 1 amide bonds. The minimum Gasteiger partial charge on any atom is -0.350 e. The Kier molecular flexibility index (Phi) is 4.90. The molecule has 0 bridgehead atoms. The molecule has 5 heteroatoms. The van der Waals surface area contributed by atoms with Crippen molar-refractivity contribution >= 4 is 17.5 Å².